The third-order valence-corrected chi connectivity index (χ3v) is 5.98. The van der Waals surface area contributed by atoms with E-state index in [0.717, 1.165) is 24.1 Å². The molecule has 4 rings (SSSR count). The number of aromatic nitrogens is 1. The summed E-state index contributed by atoms with van der Waals surface area (Å²) in [5.41, 5.74) is 2.78. The van der Waals surface area contributed by atoms with Gasteiger partial charge in [-0.2, -0.15) is 0 Å². The first kappa shape index (κ1) is 15.6. The van der Waals surface area contributed by atoms with E-state index in [4.69, 9.17) is 4.74 Å². The molecule has 1 aromatic carbocycles. The van der Waals surface area contributed by atoms with Crippen LogP contribution in [0.1, 0.15) is 42.7 Å². The van der Waals surface area contributed by atoms with Crippen LogP contribution in [0.4, 0.5) is 0 Å². The van der Waals surface area contributed by atoms with Crippen molar-refractivity contribution in [2.75, 3.05) is 7.11 Å². The third kappa shape index (κ3) is 2.93. The summed E-state index contributed by atoms with van der Waals surface area (Å²) in [6, 6.07) is 13.5. The first-order valence-corrected chi connectivity index (χ1v) is 9.13. The van der Waals surface area contributed by atoms with Crippen LogP contribution in [0.15, 0.2) is 48.8 Å². The van der Waals surface area contributed by atoms with Crippen molar-refractivity contribution in [3.05, 3.63) is 59.9 Å². The van der Waals surface area contributed by atoms with Gasteiger partial charge in [0.15, 0.2) is 0 Å². The first-order chi connectivity index (χ1) is 11.9. The second kappa shape index (κ2) is 6.94. The van der Waals surface area contributed by atoms with Crippen molar-refractivity contribution in [3.63, 3.8) is 0 Å². The van der Waals surface area contributed by atoms with E-state index in [9.17, 15) is 0 Å². The number of fused-ring (bicyclic) bond motifs is 1. The average Bonchev–Trinajstić information content (AvgIpc) is 2.64. The minimum absolute atomic E-state index is 0.594. The summed E-state index contributed by atoms with van der Waals surface area (Å²) in [6.07, 6.45) is 9.30. The number of nitrogens with one attached hydrogen (secondary N) is 1. The number of hydrogen-bond acceptors (Lipinski definition) is 3. The smallest absolute Gasteiger partial charge is 0.118 e. The van der Waals surface area contributed by atoms with E-state index < -0.39 is 0 Å². The van der Waals surface area contributed by atoms with E-state index in [2.05, 4.69) is 46.7 Å². The molecule has 0 aliphatic heterocycles. The molecule has 2 aromatic rings. The van der Waals surface area contributed by atoms with Gasteiger partial charge in [-0.1, -0.05) is 25.0 Å². The van der Waals surface area contributed by atoms with Crippen LogP contribution in [-0.4, -0.2) is 18.1 Å². The fraction of sp³-hybridized carbons (Fsp3) is 0.476. The monoisotopic (exact) mass is 322 g/mol. The van der Waals surface area contributed by atoms with Gasteiger partial charge in [-0.25, -0.2) is 0 Å². The van der Waals surface area contributed by atoms with Crippen molar-refractivity contribution in [2.24, 2.45) is 11.8 Å². The highest BCUT2D eigenvalue weighted by Gasteiger charge is 2.50. The molecule has 4 atom stereocenters. The van der Waals surface area contributed by atoms with Crippen molar-refractivity contribution in [2.45, 2.75) is 44.2 Å². The Balaban J connectivity index is 1.50. The van der Waals surface area contributed by atoms with Crippen molar-refractivity contribution < 1.29 is 4.74 Å². The Bertz CT molecular complexity index is 655. The number of ether oxygens (including phenoxy) is 1. The molecule has 0 bridgehead atoms. The maximum Gasteiger partial charge on any atom is 0.118 e. The summed E-state index contributed by atoms with van der Waals surface area (Å²) in [4.78, 5) is 4.11. The lowest BCUT2D eigenvalue weighted by Crippen LogP contribution is -2.57. The Hall–Kier alpha value is -1.87. The van der Waals surface area contributed by atoms with E-state index in [-0.39, 0.29) is 0 Å². The zero-order valence-electron chi connectivity index (χ0n) is 14.3. The van der Waals surface area contributed by atoms with Crippen LogP contribution in [0.25, 0.3) is 0 Å². The Morgan fingerprint density at radius 1 is 1.00 bits per heavy atom. The fourth-order valence-electron chi connectivity index (χ4n) is 4.76. The first-order valence-electron chi connectivity index (χ1n) is 9.13. The van der Waals surface area contributed by atoms with Crippen molar-refractivity contribution in [1.29, 1.82) is 0 Å². The number of methoxy groups -OCH3 is 1. The summed E-state index contributed by atoms with van der Waals surface area (Å²) < 4.78 is 5.32. The Morgan fingerprint density at radius 2 is 1.71 bits per heavy atom. The van der Waals surface area contributed by atoms with Crippen LogP contribution in [0, 0.1) is 11.8 Å². The van der Waals surface area contributed by atoms with Crippen LogP contribution >= 0.6 is 0 Å². The number of nitrogens with zero attached hydrogens (tertiary/aromatic N) is 1. The lowest BCUT2D eigenvalue weighted by molar-refractivity contribution is 0.0254. The summed E-state index contributed by atoms with van der Waals surface area (Å²) in [5.74, 6) is 3.28. The van der Waals surface area contributed by atoms with E-state index in [1.54, 1.807) is 7.11 Å². The van der Waals surface area contributed by atoms with Gasteiger partial charge < -0.3 is 10.1 Å². The van der Waals surface area contributed by atoms with Gasteiger partial charge in [0.25, 0.3) is 0 Å². The molecule has 3 heteroatoms. The van der Waals surface area contributed by atoms with Gasteiger partial charge in [0.05, 0.1) is 7.11 Å². The standard InChI is InChI=1S/C21H26N2O/c1-24-17-8-6-16(7-9-17)20-18-4-2-3-5-19(18)21(20)23-14-15-10-12-22-13-11-15/h6-13,18-21,23H,2-5,14H2,1H3/t18-,19+,20+,21+/m1/s1. The largest absolute Gasteiger partial charge is 0.497 e. The third-order valence-electron chi connectivity index (χ3n) is 5.98. The molecule has 1 aromatic heterocycles. The number of rotatable bonds is 5. The quantitative estimate of drug-likeness (QED) is 0.898. The van der Waals surface area contributed by atoms with Crippen LogP contribution in [0.5, 0.6) is 5.75 Å². The average molecular weight is 322 g/mol. The van der Waals surface area contributed by atoms with Gasteiger partial charge in [-0.15, -0.1) is 0 Å². The summed E-state index contributed by atoms with van der Waals surface area (Å²) >= 11 is 0. The van der Waals surface area contributed by atoms with E-state index in [1.165, 1.54) is 36.8 Å². The van der Waals surface area contributed by atoms with Gasteiger partial charge in [-0.3, -0.25) is 4.98 Å². The molecule has 2 aliphatic rings. The maximum atomic E-state index is 5.32. The molecular formula is C21H26N2O. The maximum absolute atomic E-state index is 5.32. The van der Waals surface area contributed by atoms with E-state index in [1.807, 2.05) is 12.4 Å². The predicted octanol–water partition coefficient (Wildman–Crippen LogP) is 4.15. The lowest BCUT2D eigenvalue weighted by atomic mass is 9.53. The van der Waals surface area contributed by atoms with Gasteiger partial charge >= 0.3 is 0 Å². The molecule has 0 amide bonds. The topological polar surface area (TPSA) is 34.1 Å². The number of pyridine rings is 1. The lowest BCUT2D eigenvalue weighted by Gasteiger charge is -2.55. The summed E-state index contributed by atoms with van der Waals surface area (Å²) in [6.45, 7) is 0.934. The zero-order valence-corrected chi connectivity index (χ0v) is 14.3. The summed E-state index contributed by atoms with van der Waals surface area (Å²) in [5, 5.41) is 3.85. The highest BCUT2D eigenvalue weighted by atomic mass is 16.5. The predicted molar refractivity (Wildman–Crippen MR) is 96.0 cm³/mol. The summed E-state index contributed by atoms with van der Waals surface area (Å²) in [7, 11) is 1.73. The highest BCUT2D eigenvalue weighted by Crippen LogP contribution is 2.54. The zero-order chi connectivity index (χ0) is 16.4. The highest BCUT2D eigenvalue weighted by molar-refractivity contribution is 5.33. The van der Waals surface area contributed by atoms with Crippen LogP contribution in [0.3, 0.4) is 0 Å². The Kier molecular flexibility index (Phi) is 4.52. The minimum Gasteiger partial charge on any atom is -0.497 e. The molecule has 0 spiro atoms. The second-order valence-electron chi connectivity index (χ2n) is 7.17. The normalized spacial score (nSPS) is 28.7. The molecule has 2 fully saturated rings. The van der Waals surface area contributed by atoms with Gasteiger partial charge in [-0.05, 0) is 60.1 Å². The number of hydrogen-bond donors (Lipinski definition) is 1. The molecule has 2 saturated carbocycles. The molecule has 0 saturated heterocycles. The van der Waals surface area contributed by atoms with Crippen LogP contribution in [0.2, 0.25) is 0 Å². The van der Waals surface area contributed by atoms with Gasteiger partial charge in [0.1, 0.15) is 5.75 Å². The Morgan fingerprint density at radius 3 is 2.42 bits per heavy atom. The molecule has 0 radical (unpaired) electrons. The molecular weight excluding hydrogens is 296 g/mol. The van der Waals surface area contributed by atoms with Gasteiger partial charge in [0.2, 0.25) is 0 Å². The molecule has 1 N–H and O–H groups in total. The van der Waals surface area contributed by atoms with Gasteiger partial charge in [0, 0.05) is 30.9 Å². The molecule has 1 heterocycles. The molecule has 3 nitrogen and oxygen atoms in total. The second-order valence-corrected chi connectivity index (χ2v) is 7.17. The van der Waals surface area contributed by atoms with E-state index in [0.29, 0.717) is 12.0 Å². The number of benzene rings is 1. The van der Waals surface area contributed by atoms with Crippen LogP contribution in [-0.2, 0) is 6.54 Å². The fourth-order valence-corrected chi connectivity index (χ4v) is 4.76. The van der Waals surface area contributed by atoms with Crippen molar-refractivity contribution in [3.8, 4) is 5.75 Å². The molecule has 24 heavy (non-hydrogen) atoms. The van der Waals surface area contributed by atoms with E-state index >= 15 is 0 Å². The molecule has 2 aliphatic carbocycles. The van der Waals surface area contributed by atoms with Crippen molar-refractivity contribution >= 4 is 0 Å². The van der Waals surface area contributed by atoms with Crippen molar-refractivity contribution in [1.82, 2.24) is 10.3 Å². The SMILES string of the molecule is COc1ccc([C@H]2[C@@H]3CCCC[C@@H]3[C@@H]2NCc2ccncc2)cc1. The molecule has 126 valence electrons. The minimum atomic E-state index is 0.594. The van der Waals surface area contributed by atoms with Crippen LogP contribution < -0.4 is 10.1 Å². The molecule has 0 unspecified atom stereocenters. The Labute approximate surface area is 144 Å².